The number of carbonyl (C=O) groups excluding carboxylic acids is 1. The molecule has 2 rings (SSSR count). The largest absolute Gasteiger partial charge is 0.385 e. The standard InChI is InChI=1S/C18H22N2O/c1-5-19-17-11-12(2)9-10-15(17)18(21)20-16-8-6-7-13(3)14(16)4/h6-11,19H,5H2,1-4H3,(H,20,21). The van der Waals surface area contributed by atoms with Crippen LogP contribution in [0.5, 0.6) is 0 Å². The predicted molar refractivity (Wildman–Crippen MR) is 89.2 cm³/mol. The van der Waals surface area contributed by atoms with Gasteiger partial charge in [0.2, 0.25) is 0 Å². The number of aryl methyl sites for hydroxylation is 2. The van der Waals surface area contributed by atoms with Gasteiger partial charge < -0.3 is 10.6 Å². The van der Waals surface area contributed by atoms with Crippen molar-refractivity contribution in [1.82, 2.24) is 0 Å². The van der Waals surface area contributed by atoms with Gasteiger partial charge in [0.25, 0.3) is 5.91 Å². The molecule has 0 radical (unpaired) electrons. The van der Waals surface area contributed by atoms with Crippen LogP contribution in [0.1, 0.15) is 34.0 Å². The number of carbonyl (C=O) groups is 1. The van der Waals surface area contributed by atoms with Crippen LogP contribution in [-0.2, 0) is 0 Å². The maximum Gasteiger partial charge on any atom is 0.257 e. The number of anilines is 2. The molecule has 0 spiro atoms. The summed E-state index contributed by atoms with van der Waals surface area (Å²) < 4.78 is 0. The van der Waals surface area contributed by atoms with E-state index >= 15 is 0 Å². The lowest BCUT2D eigenvalue weighted by Crippen LogP contribution is -2.15. The van der Waals surface area contributed by atoms with E-state index in [9.17, 15) is 4.79 Å². The summed E-state index contributed by atoms with van der Waals surface area (Å²) in [6, 6.07) is 11.8. The van der Waals surface area contributed by atoms with Crippen LogP contribution in [0.15, 0.2) is 36.4 Å². The fraction of sp³-hybridized carbons (Fsp3) is 0.278. The fourth-order valence-corrected chi connectivity index (χ4v) is 2.27. The molecule has 0 heterocycles. The highest BCUT2D eigenvalue weighted by molar-refractivity contribution is 6.08. The molecule has 0 saturated carbocycles. The first-order chi connectivity index (χ1) is 10.0. The van der Waals surface area contributed by atoms with Crippen molar-refractivity contribution in [2.75, 3.05) is 17.2 Å². The number of benzene rings is 2. The molecule has 2 aromatic rings. The molecule has 0 aliphatic carbocycles. The minimum atomic E-state index is -0.0837. The Morgan fingerprint density at radius 2 is 1.81 bits per heavy atom. The van der Waals surface area contributed by atoms with Gasteiger partial charge in [-0.2, -0.15) is 0 Å². The van der Waals surface area contributed by atoms with E-state index in [2.05, 4.69) is 10.6 Å². The molecule has 0 saturated heterocycles. The molecule has 2 N–H and O–H groups in total. The highest BCUT2D eigenvalue weighted by Gasteiger charge is 2.12. The van der Waals surface area contributed by atoms with Crippen LogP contribution in [0.3, 0.4) is 0 Å². The Labute approximate surface area is 126 Å². The van der Waals surface area contributed by atoms with Crippen molar-refractivity contribution >= 4 is 17.3 Å². The Kier molecular flexibility index (Phi) is 4.63. The van der Waals surface area contributed by atoms with Crippen LogP contribution in [0, 0.1) is 20.8 Å². The Bertz CT molecular complexity index is 662. The van der Waals surface area contributed by atoms with Gasteiger partial charge in [0.15, 0.2) is 0 Å². The van der Waals surface area contributed by atoms with Gasteiger partial charge in [0.1, 0.15) is 0 Å². The number of hydrogen-bond acceptors (Lipinski definition) is 2. The SMILES string of the molecule is CCNc1cc(C)ccc1C(=O)Nc1cccc(C)c1C. The molecule has 2 aromatic carbocycles. The average molecular weight is 282 g/mol. The zero-order valence-corrected chi connectivity index (χ0v) is 13.1. The van der Waals surface area contributed by atoms with Gasteiger partial charge in [0, 0.05) is 17.9 Å². The first-order valence-corrected chi connectivity index (χ1v) is 7.25. The van der Waals surface area contributed by atoms with Gasteiger partial charge in [-0.3, -0.25) is 4.79 Å². The van der Waals surface area contributed by atoms with Gasteiger partial charge in [-0.25, -0.2) is 0 Å². The van der Waals surface area contributed by atoms with Gasteiger partial charge in [0.05, 0.1) is 5.56 Å². The van der Waals surface area contributed by atoms with E-state index in [1.54, 1.807) is 0 Å². The third-order valence-corrected chi connectivity index (χ3v) is 3.64. The summed E-state index contributed by atoms with van der Waals surface area (Å²) in [5.41, 5.74) is 5.81. The van der Waals surface area contributed by atoms with E-state index in [1.807, 2.05) is 64.1 Å². The molecule has 0 atom stereocenters. The van der Waals surface area contributed by atoms with Gasteiger partial charge in [-0.15, -0.1) is 0 Å². The summed E-state index contributed by atoms with van der Waals surface area (Å²) >= 11 is 0. The molecule has 0 aliphatic heterocycles. The maximum absolute atomic E-state index is 12.5. The smallest absolute Gasteiger partial charge is 0.257 e. The highest BCUT2D eigenvalue weighted by atomic mass is 16.1. The van der Waals surface area contributed by atoms with Crippen molar-refractivity contribution < 1.29 is 4.79 Å². The molecule has 3 nitrogen and oxygen atoms in total. The second-order valence-corrected chi connectivity index (χ2v) is 5.28. The minimum Gasteiger partial charge on any atom is -0.385 e. The highest BCUT2D eigenvalue weighted by Crippen LogP contribution is 2.22. The quantitative estimate of drug-likeness (QED) is 0.878. The Morgan fingerprint density at radius 3 is 2.52 bits per heavy atom. The fourth-order valence-electron chi connectivity index (χ4n) is 2.27. The van der Waals surface area contributed by atoms with Crippen LogP contribution in [0.4, 0.5) is 11.4 Å². The van der Waals surface area contributed by atoms with Crippen molar-refractivity contribution in [2.45, 2.75) is 27.7 Å². The first-order valence-electron chi connectivity index (χ1n) is 7.25. The van der Waals surface area contributed by atoms with Gasteiger partial charge in [-0.05, 0) is 62.6 Å². The lowest BCUT2D eigenvalue weighted by molar-refractivity contribution is 0.102. The van der Waals surface area contributed by atoms with Crippen molar-refractivity contribution in [3.8, 4) is 0 Å². The van der Waals surface area contributed by atoms with Crippen LogP contribution in [0.25, 0.3) is 0 Å². The lowest BCUT2D eigenvalue weighted by atomic mass is 10.1. The van der Waals surface area contributed by atoms with Crippen molar-refractivity contribution in [2.24, 2.45) is 0 Å². The van der Waals surface area contributed by atoms with E-state index in [-0.39, 0.29) is 5.91 Å². The van der Waals surface area contributed by atoms with E-state index in [0.717, 1.165) is 29.0 Å². The Balaban J connectivity index is 2.30. The Hall–Kier alpha value is -2.29. The molecule has 0 unspecified atom stereocenters. The number of amides is 1. The van der Waals surface area contributed by atoms with Crippen LogP contribution in [-0.4, -0.2) is 12.5 Å². The number of nitrogens with one attached hydrogen (secondary N) is 2. The number of rotatable bonds is 4. The summed E-state index contributed by atoms with van der Waals surface area (Å²) in [6.45, 7) is 8.89. The molecular formula is C18H22N2O. The lowest BCUT2D eigenvalue weighted by Gasteiger charge is -2.14. The van der Waals surface area contributed by atoms with E-state index < -0.39 is 0 Å². The van der Waals surface area contributed by atoms with Crippen LogP contribution >= 0.6 is 0 Å². The van der Waals surface area contributed by atoms with Crippen molar-refractivity contribution in [3.63, 3.8) is 0 Å². The van der Waals surface area contributed by atoms with Gasteiger partial charge in [-0.1, -0.05) is 18.2 Å². The zero-order valence-electron chi connectivity index (χ0n) is 13.1. The Morgan fingerprint density at radius 1 is 1.05 bits per heavy atom. The van der Waals surface area contributed by atoms with Crippen LogP contribution < -0.4 is 10.6 Å². The van der Waals surface area contributed by atoms with E-state index in [4.69, 9.17) is 0 Å². The van der Waals surface area contributed by atoms with Gasteiger partial charge >= 0.3 is 0 Å². The second kappa shape index (κ2) is 6.44. The first kappa shape index (κ1) is 15.1. The molecule has 1 amide bonds. The van der Waals surface area contributed by atoms with Crippen molar-refractivity contribution in [3.05, 3.63) is 58.7 Å². The molecule has 110 valence electrons. The number of hydrogen-bond donors (Lipinski definition) is 2. The van der Waals surface area contributed by atoms with Crippen molar-refractivity contribution in [1.29, 1.82) is 0 Å². The maximum atomic E-state index is 12.5. The molecule has 0 fully saturated rings. The van der Waals surface area contributed by atoms with E-state index in [1.165, 1.54) is 5.56 Å². The van der Waals surface area contributed by atoms with Crippen LogP contribution in [0.2, 0.25) is 0 Å². The third-order valence-electron chi connectivity index (χ3n) is 3.64. The average Bonchev–Trinajstić information content (AvgIpc) is 2.44. The summed E-state index contributed by atoms with van der Waals surface area (Å²) in [4.78, 5) is 12.5. The molecule has 21 heavy (non-hydrogen) atoms. The summed E-state index contributed by atoms with van der Waals surface area (Å²) in [5.74, 6) is -0.0837. The second-order valence-electron chi connectivity index (χ2n) is 5.28. The molecule has 0 aliphatic rings. The third kappa shape index (κ3) is 3.43. The molecule has 0 bridgehead atoms. The predicted octanol–water partition coefficient (Wildman–Crippen LogP) is 4.30. The summed E-state index contributed by atoms with van der Waals surface area (Å²) in [5, 5.41) is 6.26. The zero-order chi connectivity index (χ0) is 15.4. The minimum absolute atomic E-state index is 0.0837. The summed E-state index contributed by atoms with van der Waals surface area (Å²) in [7, 11) is 0. The topological polar surface area (TPSA) is 41.1 Å². The monoisotopic (exact) mass is 282 g/mol. The summed E-state index contributed by atoms with van der Waals surface area (Å²) in [6.07, 6.45) is 0. The normalized spacial score (nSPS) is 10.3. The molecule has 0 aromatic heterocycles. The van der Waals surface area contributed by atoms with E-state index in [0.29, 0.717) is 5.56 Å². The molecular weight excluding hydrogens is 260 g/mol. The molecule has 3 heteroatoms.